The van der Waals surface area contributed by atoms with Crippen LogP contribution in [0.1, 0.15) is 18.5 Å². The average Bonchev–Trinajstić information content (AvgIpc) is 2.28. The zero-order valence-electron chi connectivity index (χ0n) is 9.34. The van der Waals surface area contributed by atoms with E-state index in [-0.39, 0.29) is 0 Å². The monoisotopic (exact) mass is 307 g/mol. The largest absolute Gasteiger partial charge is 0.496 e. The lowest BCUT2D eigenvalue weighted by molar-refractivity contribution is -0.132. The molecule has 3 nitrogen and oxygen atoms in total. The maximum Gasteiger partial charge on any atom is 0.315 e. The van der Waals surface area contributed by atoms with Crippen molar-refractivity contribution in [2.24, 2.45) is 0 Å². The molecule has 1 aromatic rings. The minimum atomic E-state index is -3.00. The van der Waals surface area contributed by atoms with Crippen molar-refractivity contribution in [1.82, 2.24) is 5.32 Å². The summed E-state index contributed by atoms with van der Waals surface area (Å²) in [5.74, 6) is -0.634. The maximum absolute atomic E-state index is 12.1. The second-order valence-electron chi connectivity index (χ2n) is 3.42. The van der Waals surface area contributed by atoms with Crippen molar-refractivity contribution in [2.45, 2.75) is 19.4 Å². The summed E-state index contributed by atoms with van der Waals surface area (Å²) in [5.41, 5.74) is 0.715. The van der Waals surface area contributed by atoms with Crippen LogP contribution < -0.4 is 10.1 Å². The zero-order chi connectivity index (χ0) is 13.0. The number of amides is 1. The van der Waals surface area contributed by atoms with Gasteiger partial charge >= 0.3 is 6.43 Å². The Bertz CT molecular complexity index is 412. The number of nitrogens with one attached hydrogen (secondary N) is 1. The molecular weight excluding hydrogens is 296 g/mol. The molecule has 1 atom stereocenters. The molecule has 0 aliphatic rings. The van der Waals surface area contributed by atoms with E-state index in [1.165, 1.54) is 7.11 Å². The minimum absolute atomic E-state index is 0.487. The van der Waals surface area contributed by atoms with Gasteiger partial charge in [-0.05, 0) is 40.5 Å². The average molecular weight is 308 g/mol. The van der Waals surface area contributed by atoms with E-state index in [0.717, 1.165) is 0 Å². The van der Waals surface area contributed by atoms with Crippen LogP contribution in [0.3, 0.4) is 0 Å². The summed E-state index contributed by atoms with van der Waals surface area (Å²) in [6, 6.07) is 4.64. The SMILES string of the molecule is COc1ccc(C(C)NC(=O)C(F)F)cc1Br. The van der Waals surface area contributed by atoms with Crippen molar-refractivity contribution in [3.05, 3.63) is 28.2 Å². The molecule has 6 heteroatoms. The van der Waals surface area contributed by atoms with E-state index in [4.69, 9.17) is 4.74 Å². The summed E-state index contributed by atoms with van der Waals surface area (Å²) in [7, 11) is 1.53. The summed E-state index contributed by atoms with van der Waals surface area (Å²) in [6.07, 6.45) is -3.00. The van der Waals surface area contributed by atoms with Crippen molar-refractivity contribution in [2.75, 3.05) is 7.11 Å². The lowest BCUT2D eigenvalue weighted by atomic mass is 10.1. The lowest BCUT2D eigenvalue weighted by Crippen LogP contribution is -2.31. The van der Waals surface area contributed by atoms with Crippen molar-refractivity contribution >= 4 is 21.8 Å². The van der Waals surface area contributed by atoms with Crippen LogP contribution in [-0.4, -0.2) is 19.4 Å². The Labute approximate surface area is 106 Å². The Morgan fingerprint density at radius 2 is 2.12 bits per heavy atom. The van der Waals surface area contributed by atoms with Crippen LogP contribution in [0.4, 0.5) is 8.78 Å². The van der Waals surface area contributed by atoms with Gasteiger partial charge in [-0.25, -0.2) is 0 Å². The molecule has 0 saturated carbocycles. The third kappa shape index (κ3) is 3.66. The van der Waals surface area contributed by atoms with Gasteiger partial charge < -0.3 is 10.1 Å². The molecule has 1 unspecified atom stereocenters. The van der Waals surface area contributed by atoms with Crippen molar-refractivity contribution in [3.8, 4) is 5.75 Å². The number of methoxy groups -OCH3 is 1. The highest BCUT2D eigenvalue weighted by molar-refractivity contribution is 9.10. The van der Waals surface area contributed by atoms with Crippen LogP contribution in [0.5, 0.6) is 5.75 Å². The van der Waals surface area contributed by atoms with E-state index < -0.39 is 18.4 Å². The van der Waals surface area contributed by atoms with Crippen molar-refractivity contribution in [3.63, 3.8) is 0 Å². The van der Waals surface area contributed by atoms with Gasteiger partial charge in [0.15, 0.2) is 0 Å². The van der Waals surface area contributed by atoms with Crippen LogP contribution in [0.15, 0.2) is 22.7 Å². The van der Waals surface area contributed by atoms with Gasteiger partial charge in [0.05, 0.1) is 17.6 Å². The number of alkyl halides is 2. The molecule has 0 bridgehead atoms. The minimum Gasteiger partial charge on any atom is -0.496 e. The van der Waals surface area contributed by atoms with Crippen molar-refractivity contribution in [1.29, 1.82) is 0 Å². The van der Waals surface area contributed by atoms with Gasteiger partial charge in [0, 0.05) is 0 Å². The fourth-order valence-corrected chi connectivity index (χ4v) is 1.87. The Morgan fingerprint density at radius 3 is 2.59 bits per heavy atom. The number of ether oxygens (including phenoxy) is 1. The predicted molar refractivity (Wildman–Crippen MR) is 63.3 cm³/mol. The van der Waals surface area contributed by atoms with Gasteiger partial charge in [-0.1, -0.05) is 6.07 Å². The van der Waals surface area contributed by atoms with Crippen LogP contribution in [0.2, 0.25) is 0 Å². The molecule has 0 saturated heterocycles. The quantitative estimate of drug-likeness (QED) is 0.929. The molecular formula is C11H12BrF2NO2. The molecule has 0 spiro atoms. The summed E-state index contributed by atoms with van der Waals surface area (Å²) in [5, 5.41) is 2.21. The third-order valence-corrected chi connectivity index (χ3v) is 2.85. The first-order chi connectivity index (χ1) is 7.95. The van der Waals surface area contributed by atoms with E-state index in [1.54, 1.807) is 25.1 Å². The smallest absolute Gasteiger partial charge is 0.315 e. The highest BCUT2D eigenvalue weighted by Gasteiger charge is 2.18. The van der Waals surface area contributed by atoms with E-state index >= 15 is 0 Å². The fourth-order valence-electron chi connectivity index (χ4n) is 1.31. The molecule has 0 aliphatic heterocycles. The number of rotatable bonds is 4. The van der Waals surface area contributed by atoms with Gasteiger partial charge in [0.25, 0.3) is 5.91 Å². The first-order valence-corrected chi connectivity index (χ1v) is 5.67. The maximum atomic E-state index is 12.1. The highest BCUT2D eigenvalue weighted by Crippen LogP contribution is 2.27. The van der Waals surface area contributed by atoms with Gasteiger partial charge in [0.1, 0.15) is 5.75 Å². The normalized spacial score (nSPS) is 12.4. The Kier molecular flexibility index (Phi) is 4.86. The van der Waals surface area contributed by atoms with E-state index in [1.807, 2.05) is 0 Å². The Hall–Kier alpha value is -1.17. The molecule has 0 radical (unpaired) electrons. The first kappa shape index (κ1) is 13.9. The summed E-state index contributed by atoms with van der Waals surface area (Å²) in [6.45, 7) is 1.63. The molecule has 0 aliphatic carbocycles. The van der Waals surface area contributed by atoms with Gasteiger partial charge in [-0.3, -0.25) is 4.79 Å². The van der Waals surface area contributed by atoms with Crippen LogP contribution in [-0.2, 0) is 4.79 Å². The Balaban J connectivity index is 2.79. The molecule has 1 N–H and O–H groups in total. The summed E-state index contributed by atoms with van der Waals surface area (Å²) in [4.78, 5) is 10.8. The van der Waals surface area contributed by atoms with Gasteiger partial charge in [-0.15, -0.1) is 0 Å². The number of benzene rings is 1. The summed E-state index contributed by atoms with van der Waals surface area (Å²) < 4.78 is 29.9. The van der Waals surface area contributed by atoms with Gasteiger partial charge in [0.2, 0.25) is 0 Å². The molecule has 94 valence electrons. The van der Waals surface area contributed by atoms with Crippen LogP contribution in [0, 0.1) is 0 Å². The number of hydrogen-bond donors (Lipinski definition) is 1. The number of carbonyl (C=O) groups is 1. The van der Waals surface area contributed by atoms with E-state index in [2.05, 4.69) is 21.2 Å². The number of carbonyl (C=O) groups excluding carboxylic acids is 1. The molecule has 1 rings (SSSR count). The standard InChI is InChI=1S/C11H12BrF2NO2/c1-6(15-11(16)10(13)14)7-3-4-9(17-2)8(12)5-7/h3-6,10H,1-2H3,(H,15,16). The fraction of sp³-hybridized carbons (Fsp3) is 0.364. The third-order valence-electron chi connectivity index (χ3n) is 2.23. The molecule has 17 heavy (non-hydrogen) atoms. The van der Waals surface area contributed by atoms with E-state index in [0.29, 0.717) is 15.8 Å². The number of halogens is 3. The second kappa shape index (κ2) is 5.95. The first-order valence-electron chi connectivity index (χ1n) is 4.87. The highest BCUT2D eigenvalue weighted by atomic mass is 79.9. The molecule has 1 amide bonds. The molecule has 0 fully saturated rings. The van der Waals surface area contributed by atoms with Crippen molar-refractivity contribution < 1.29 is 18.3 Å². The molecule has 0 heterocycles. The molecule has 1 aromatic carbocycles. The lowest BCUT2D eigenvalue weighted by Gasteiger charge is -2.15. The van der Waals surface area contributed by atoms with E-state index in [9.17, 15) is 13.6 Å². The van der Waals surface area contributed by atoms with Crippen LogP contribution in [0.25, 0.3) is 0 Å². The second-order valence-corrected chi connectivity index (χ2v) is 4.28. The predicted octanol–water partition coefficient (Wildman–Crippen LogP) is 2.90. The van der Waals surface area contributed by atoms with Crippen LogP contribution >= 0.6 is 15.9 Å². The summed E-state index contributed by atoms with van der Waals surface area (Å²) >= 11 is 3.28. The zero-order valence-corrected chi connectivity index (χ0v) is 10.9. The topological polar surface area (TPSA) is 38.3 Å². The Morgan fingerprint density at radius 1 is 1.47 bits per heavy atom. The van der Waals surface area contributed by atoms with Gasteiger partial charge in [-0.2, -0.15) is 8.78 Å². The molecule has 0 aromatic heterocycles. The number of hydrogen-bond acceptors (Lipinski definition) is 2.